The lowest BCUT2D eigenvalue weighted by atomic mass is 9.91. The lowest BCUT2D eigenvalue weighted by Crippen LogP contribution is -2.37. The maximum absolute atomic E-state index is 13.3. The molecule has 1 aliphatic rings. The normalized spacial score (nSPS) is 24.2. The quantitative estimate of drug-likeness (QED) is 0.894. The van der Waals surface area contributed by atoms with Gasteiger partial charge in [0.05, 0.1) is 6.61 Å². The molecule has 0 saturated heterocycles. The van der Waals surface area contributed by atoms with Crippen LogP contribution >= 0.6 is 0 Å². The summed E-state index contributed by atoms with van der Waals surface area (Å²) in [4.78, 5) is 0. The lowest BCUT2D eigenvalue weighted by molar-refractivity contribution is 0.0507. The summed E-state index contributed by atoms with van der Waals surface area (Å²) < 4.78 is 24.4. The van der Waals surface area contributed by atoms with E-state index in [0.717, 1.165) is 17.7 Å². The molecule has 0 aromatic heterocycles. The number of hydrogen-bond acceptors (Lipinski definition) is 3. The highest BCUT2D eigenvalue weighted by Gasteiger charge is 2.31. The number of benzene rings is 1. The highest BCUT2D eigenvalue weighted by molar-refractivity contribution is 5.38. The maximum atomic E-state index is 13.3. The third kappa shape index (κ3) is 2.65. The first-order valence-corrected chi connectivity index (χ1v) is 6.28. The largest absolute Gasteiger partial charge is 0.490 e. The van der Waals surface area contributed by atoms with Gasteiger partial charge in [0.15, 0.2) is 0 Å². The van der Waals surface area contributed by atoms with E-state index in [-0.39, 0.29) is 18.0 Å². The Balaban J connectivity index is 2.22. The van der Waals surface area contributed by atoms with Crippen LogP contribution < -0.4 is 10.1 Å². The monoisotopic (exact) mass is 253 g/mol. The van der Waals surface area contributed by atoms with Crippen molar-refractivity contribution in [3.8, 4) is 5.75 Å². The second-order valence-electron chi connectivity index (χ2n) is 4.85. The third-order valence-corrected chi connectivity index (χ3v) is 3.51. The van der Waals surface area contributed by atoms with E-state index >= 15 is 0 Å². The average Bonchev–Trinajstić information content (AvgIpc) is 2.37. The molecule has 2 rings (SSSR count). The summed E-state index contributed by atoms with van der Waals surface area (Å²) in [6, 6.07) is 4.83. The predicted molar refractivity (Wildman–Crippen MR) is 68.3 cm³/mol. The Morgan fingerprint density at radius 1 is 1.56 bits per heavy atom. The highest BCUT2D eigenvalue weighted by Crippen LogP contribution is 2.37. The van der Waals surface area contributed by atoms with Gasteiger partial charge < -0.3 is 14.8 Å². The SMILES string of the molecule is CNC1CC(C(C)COC)Oc2ccc(F)cc21. The minimum Gasteiger partial charge on any atom is -0.490 e. The first-order chi connectivity index (χ1) is 8.65. The Morgan fingerprint density at radius 2 is 2.33 bits per heavy atom. The summed E-state index contributed by atoms with van der Waals surface area (Å²) in [5.74, 6) is 0.861. The third-order valence-electron chi connectivity index (χ3n) is 3.51. The van der Waals surface area contributed by atoms with Gasteiger partial charge in [0, 0.05) is 31.1 Å². The Labute approximate surface area is 107 Å². The van der Waals surface area contributed by atoms with E-state index in [1.165, 1.54) is 6.07 Å². The Kier molecular flexibility index (Phi) is 4.19. The Hall–Kier alpha value is -1.13. The van der Waals surface area contributed by atoms with Gasteiger partial charge in [-0.25, -0.2) is 4.39 Å². The van der Waals surface area contributed by atoms with Crippen molar-refractivity contribution in [2.75, 3.05) is 20.8 Å². The van der Waals surface area contributed by atoms with E-state index < -0.39 is 0 Å². The zero-order valence-electron chi connectivity index (χ0n) is 11.1. The molecule has 0 radical (unpaired) electrons. The molecule has 0 saturated carbocycles. The molecule has 1 aromatic rings. The predicted octanol–water partition coefficient (Wildman–Crippen LogP) is 2.52. The van der Waals surface area contributed by atoms with E-state index in [2.05, 4.69) is 12.2 Å². The van der Waals surface area contributed by atoms with Crippen LogP contribution in [0.15, 0.2) is 18.2 Å². The number of nitrogens with one attached hydrogen (secondary N) is 1. The lowest BCUT2D eigenvalue weighted by Gasteiger charge is -2.35. The molecule has 0 bridgehead atoms. The smallest absolute Gasteiger partial charge is 0.124 e. The number of ether oxygens (including phenoxy) is 2. The molecule has 100 valence electrons. The molecule has 1 heterocycles. The van der Waals surface area contributed by atoms with Gasteiger partial charge in [0.25, 0.3) is 0 Å². The van der Waals surface area contributed by atoms with Crippen LogP contribution in [0.2, 0.25) is 0 Å². The fourth-order valence-corrected chi connectivity index (χ4v) is 2.46. The first-order valence-electron chi connectivity index (χ1n) is 6.28. The summed E-state index contributed by atoms with van der Waals surface area (Å²) >= 11 is 0. The van der Waals surface area contributed by atoms with Gasteiger partial charge in [-0.3, -0.25) is 0 Å². The maximum Gasteiger partial charge on any atom is 0.124 e. The van der Waals surface area contributed by atoms with Crippen LogP contribution in [0.5, 0.6) is 5.75 Å². The fourth-order valence-electron chi connectivity index (χ4n) is 2.46. The number of halogens is 1. The van der Waals surface area contributed by atoms with Crippen LogP contribution in [0.4, 0.5) is 4.39 Å². The molecule has 0 spiro atoms. The van der Waals surface area contributed by atoms with Gasteiger partial charge in [0.1, 0.15) is 17.7 Å². The molecule has 4 heteroatoms. The van der Waals surface area contributed by atoms with E-state index in [0.29, 0.717) is 12.5 Å². The van der Waals surface area contributed by atoms with E-state index in [1.54, 1.807) is 19.2 Å². The van der Waals surface area contributed by atoms with Crippen molar-refractivity contribution < 1.29 is 13.9 Å². The number of hydrogen-bond donors (Lipinski definition) is 1. The van der Waals surface area contributed by atoms with Crippen molar-refractivity contribution in [3.05, 3.63) is 29.6 Å². The molecular weight excluding hydrogens is 233 g/mol. The summed E-state index contributed by atoms with van der Waals surface area (Å²) in [6.45, 7) is 2.77. The second kappa shape index (κ2) is 5.67. The second-order valence-corrected chi connectivity index (χ2v) is 4.85. The standard InChI is InChI=1S/C14H20FNO2/c1-9(8-17-3)14-7-12(16-2)11-6-10(15)4-5-13(11)18-14/h4-6,9,12,14,16H,7-8H2,1-3H3. The number of rotatable bonds is 4. The van der Waals surface area contributed by atoms with Gasteiger partial charge in [0.2, 0.25) is 0 Å². The van der Waals surface area contributed by atoms with Gasteiger partial charge in [-0.05, 0) is 25.2 Å². The molecule has 3 atom stereocenters. The average molecular weight is 253 g/mol. The highest BCUT2D eigenvalue weighted by atomic mass is 19.1. The minimum absolute atomic E-state index is 0.0976. The van der Waals surface area contributed by atoms with Crippen LogP contribution in [-0.2, 0) is 4.74 Å². The van der Waals surface area contributed by atoms with Crippen molar-refractivity contribution in [3.63, 3.8) is 0 Å². The van der Waals surface area contributed by atoms with Gasteiger partial charge in [-0.1, -0.05) is 6.92 Å². The van der Waals surface area contributed by atoms with E-state index in [1.807, 2.05) is 7.05 Å². The van der Waals surface area contributed by atoms with Crippen molar-refractivity contribution in [2.24, 2.45) is 5.92 Å². The van der Waals surface area contributed by atoms with Gasteiger partial charge >= 0.3 is 0 Å². The topological polar surface area (TPSA) is 30.5 Å². The van der Waals surface area contributed by atoms with E-state index in [4.69, 9.17) is 9.47 Å². The Bertz CT molecular complexity index is 411. The molecule has 0 aliphatic carbocycles. The molecule has 18 heavy (non-hydrogen) atoms. The van der Waals surface area contributed by atoms with Gasteiger partial charge in [-0.15, -0.1) is 0 Å². The van der Waals surface area contributed by atoms with Gasteiger partial charge in [-0.2, -0.15) is 0 Å². The zero-order chi connectivity index (χ0) is 13.1. The van der Waals surface area contributed by atoms with Crippen molar-refractivity contribution in [1.82, 2.24) is 5.32 Å². The summed E-state index contributed by atoms with van der Waals surface area (Å²) in [7, 11) is 3.58. The minimum atomic E-state index is -0.221. The zero-order valence-corrected chi connectivity index (χ0v) is 11.1. The molecule has 1 N–H and O–H groups in total. The fraction of sp³-hybridized carbons (Fsp3) is 0.571. The molecular formula is C14H20FNO2. The molecule has 3 nitrogen and oxygen atoms in total. The number of fused-ring (bicyclic) bond motifs is 1. The number of methoxy groups -OCH3 is 1. The van der Waals surface area contributed by atoms with Crippen LogP contribution in [0.25, 0.3) is 0 Å². The molecule has 1 aliphatic heterocycles. The Morgan fingerprint density at radius 3 is 3.00 bits per heavy atom. The summed E-state index contributed by atoms with van der Waals surface area (Å²) in [6.07, 6.45) is 0.928. The van der Waals surface area contributed by atoms with Crippen LogP contribution in [0, 0.1) is 11.7 Å². The molecule has 0 fully saturated rings. The van der Waals surface area contributed by atoms with Crippen LogP contribution in [0.3, 0.4) is 0 Å². The summed E-state index contributed by atoms with van der Waals surface area (Å²) in [5, 5.41) is 3.23. The van der Waals surface area contributed by atoms with Crippen molar-refractivity contribution >= 4 is 0 Å². The molecule has 0 amide bonds. The first kappa shape index (κ1) is 13.3. The van der Waals surface area contributed by atoms with Crippen molar-refractivity contribution in [1.29, 1.82) is 0 Å². The van der Waals surface area contributed by atoms with Crippen LogP contribution in [-0.4, -0.2) is 26.9 Å². The summed E-state index contributed by atoms with van der Waals surface area (Å²) in [5.41, 5.74) is 0.901. The molecule has 1 aromatic carbocycles. The van der Waals surface area contributed by atoms with Crippen molar-refractivity contribution in [2.45, 2.75) is 25.5 Å². The molecule has 3 unspecified atom stereocenters. The van der Waals surface area contributed by atoms with Crippen LogP contribution in [0.1, 0.15) is 24.9 Å². The van der Waals surface area contributed by atoms with E-state index in [9.17, 15) is 4.39 Å².